The van der Waals surface area contributed by atoms with Crippen LogP contribution in [0, 0.1) is 6.92 Å². The number of benzene rings is 1. The highest BCUT2D eigenvalue weighted by molar-refractivity contribution is 7.10. The molecule has 0 spiro atoms. The van der Waals surface area contributed by atoms with Gasteiger partial charge in [0.15, 0.2) is 0 Å². The lowest BCUT2D eigenvalue weighted by molar-refractivity contribution is 0.680. The second-order valence-electron chi connectivity index (χ2n) is 6.80. The molecule has 1 aromatic heterocycles. The Kier molecular flexibility index (Phi) is 3.62. The molecule has 0 fully saturated rings. The monoisotopic (exact) mass is 296 g/mol. The van der Waals surface area contributed by atoms with Gasteiger partial charge in [-0.3, -0.25) is 0 Å². The Morgan fingerprint density at radius 1 is 0.857 bits per heavy atom. The summed E-state index contributed by atoms with van der Waals surface area (Å²) in [5.41, 5.74) is 9.72. The molecule has 1 heteroatoms. The van der Waals surface area contributed by atoms with Crippen LogP contribution in [0.15, 0.2) is 17.5 Å². The van der Waals surface area contributed by atoms with Gasteiger partial charge in [0, 0.05) is 11.3 Å². The van der Waals surface area contributed by atoms with E-state index >= 15 is 0 Å². The predicted octanol–water partition coefficient (Wildman–Crippen LogP) is 5.40. The summed E-state index contributed by atoms with van der Waals surface area (Å²) < 4.78 is 0. The summed E-state index contributed by atoms with van der Waals surface area (Å²) in [5, 5.41) is 2.43. The molecule has 0 atom stereocenters. The second kappa shape index (κ2) is 5.61. The van der Waals surface area contributed by atoms with Gasteiger partial charge in [0.05, 0.1) is 0 Å². The van der Waals surface area contributed by atoms with Gasteiger partial charge in [-0.2, -0.15) is 0 Å². The summed E-state index contributed by atoms with van der Waals surface area (Å²) in [5.74, 6) is 0. The van der Waals surface area contributed by atoms with Gasteiger partial charge < -0.3 is 0 Å². The van der Waals surface area contributed by atoms with Crippen molar-refractivity contribution in [2.24, 2.45) is 0 Å². The van der Waals surface area contributed by atoms with E-state index in [4.69, 9.17) is 0 Å². The van der Waals surface area contributed by atoms with E-state index in [1.165, 1.54) is 56.9 Å². The van der Waals surface area contributed by atoms with Crippen molar-refractivity contribution in [1.82, 2.24) is 0 Å². The van der Waals surface area contributed by atoms with Crippen molar-refractivity contribution in [2.75, 3.05) is 0 Å². The Balaban J connectivity index is 1.65. The molecular formula is C20H24S. The number of fused-ring (bicyclic) bond motifs is 2. The van der Waals surface area contributed by atoms with Crippen LogP contribution in [0.4, 0.5) is 0 Å². The van der Waals surface area contributed by atoms with Crippen molar-refractivity contribution >= 4 is 11.3 Å². The lowest BCUT2D eigenvalue weighted by Gasteiger charge is -2.20. The molecule has 110 valence electrons. The van der Waals surface area contributed by atoms with Gasteiger partial charge in [0.2, 0.25) is 0 Å². The van der Waals surface area contributed by atoms with E-state index in [0.29, 0.717) is 0 Å². The molecule has 0 saturated heterocycles. The highest BCUT2D eigenvalue weighted by Crippen LogP contribution is 2.33. The average molecular weight is 296 g/mol. The van der Waals surface area contributed by atoms with Crippen LogP contribution in [-0.2, 0) is 32.1 Å². The van der Waals surface area contributed by atoms with Gasteiger partial charge in [0.25, 0.3) is 0 Å². The Hall–Kier alpha value is -1.08. The molecule has 0 radical (unpaired) electrons. The Bertz CT molecular complexity index is 663. The van der Waals surface area contributed by atoms with Crippen molar-refractivity contribution in [3.63, 3.8) is 0 Å². The molecule has 4 rings (SSSR count). The highest BCUT2D eigenvalue weighted by atomic mass is 32.1. The molecule has 0 N–H and O–H groups in total. The van der Waals surface area contributed by atoms with Gasteiger partial charge in [-0.1, -0.05) is 12.1 Å². The maximum absolute atomic E-state index is 2.51. The van der Waals surface area contributed by atoms with Crippen molar-refractivity contribution in [3.8, 4) is 0 Å². The minimum Gasteiger partial charge on any atom is -0.148 e. The minimum atomic E-state index is 1.16. The first kappa shape index (κ1) is 13.6. The first-order valence-corrected chi connectivity index (χ1v) is 9.38. The predicted molar refractivity (Wildman–Crippen MR) is 91.6 cm³/mol. The van der Waals surface area contributed by atoms with Crippen molar-refractivity contribution in [2.45, 2.75) is 64.7 Å². The standard InChI is InChI=1S/C20H24S/c1-14-10-15(11-16-6-2-4-8-18(14)16)12-20-19-9-5-3-7-17(19)13-21-20/h10-11,13H,2-9,12H2,1H3. The molecule has 2 aliphatic rings. The fourth-order valence-electron chi connectivity index (χ4n) is 4.20. The van der Waals surface area contributed by atoms with Crippen LogP contribution in [0.3, 0.4) is 0 Å². The lowest BCUT2D eigenvalue weighted by Crippen LogP contribution is -2.07. The van der Waals surface area contributed by atoms with Gasteiger partial charge >= 0.3 is 0 Å². The molecule has 0 amide bonds. The number of rotatable bonds is 2. The van der Waals surface area contributed by atoms with Gasteiger partial charge in [-0.25, -0.2) is 0 Å². The van der Waals surface area contributed by atoms with Crippen LogP contribution < -0.4 is 0 Å². The van der Waals surface area contributed by atoms with E-state index in [-0.39, 0.29) is 0 Å². The molecule has 21 heavy (non-hydrogen) atoms. The van der Waals surface area contributed by atoms with Crippen LogP contribution in [0.25, 0.3) is 0 Å². The quantitative estimate of drug-likeness (QED) is 0.695. The summed E-state index contributed by atoms with van der Waals surface area (Å²) in [6, 6.07) is 4.97. The zero-order chi connectivity index (χ0) is 14.2. The van der Waals surface area contributed by atoms with E-state index in [1.807, 2.05) is 11.3 Å². The third-order valence-electron chi connectivity index (χ3n) is 5.30. The summed E-state index contributed by atoms with van der Waals surface area (Å²) in [7, 11) is 0. The SMILES string of the molecule is Cc1cc(Cc2scc3c2CCCC3)cc2c1CCCC2. The summed E-state index contributed by atoms with van der Waals surface area (Å²) >= 11 is 2.00. The van der Waals surface area contributed by atoms with Gasteiger partial charge in [0.1, 0.15) is 0 Å². The van der Waals surface area contributed by atoms with Crippen LogP contribution >= 0.6 is 11.3 Å². The van der Waals surface area contributed by atoms with Crippen molar-refractivity contribution in [3.05, 3.63) is 55.8 Å². The van der Waals surface area contributed by atoms with Crippen molar-refractivity contribution < 1.29 is 0 Å². The van der Waals surface area contributed by atoms with E-state index in [1.54, 1.807) is 32.7 Å². The Morgan fingerprint density at radius 2 is 1.57 bits per heavy atom. The molecule has 1 heterocycles. The lowest BCUT2D eigenvalue weighted by atomic mass is 9.86. The fraction of sp³-hybridized carbons (Fsp3) is 0.500. The fourth-order valence-corrected chi connectivity index (χ4v) is 5.37. The van der Waals surface area contributed by atoms with E-state index in [2.05, 4.69) is 24.4 Å². The molecule has 1 aromatic carbocycles. The van der Waals surface area contributed by atoms with Crippen LogP contribution in [-0.4, -0.2) is 0 Å². The molecule has 0 nitrogen and oxygen atoms in total. The first-order valence-electron chi connectivity index (χ1n) is 8.50. The van der Waals surface area contributed by atoms with Gasteiger partial charge in [-0.15, -0.1) is 11.3 Å². The molecule has 0 saturated carbocycles. The normalized spacial score (nSPS) is 17.4. The van der Waals surface area contributed by atoms with Crippen LogP contribution in [0.1, 0.15) is 63.9 Å². The number of hydrogen-bond donors (Lipinski definition) is 0. The second-order valence-corrected chi connectivity index (χ2v) is 7.77. The van der Waals surface area contributed by atoms with E-state index in [9.17, 15) is 0 Å². The number of thiophene rings is 1. The van der Waals surface area contributed by atoms with Gasteiger partial charge in [-0.05, 0) is 97.1 Å². The Morgan fingerprint density at radius 3 is 2.43 bits per heavy atom. The smallest absolute Gasteiger partial charge is 0.0124 e. The summed E-state index contributed by atoms with van der Waals surface area (Å²) in [6.45, 7) is 2.32. The zero-order valence-corrected chi connectivity index (χ0v) is 13.8. The zero-order valence-electron chi connectivity index (χ0n) is 13.0. The maximum Gasteiger partial charge on any atom is 0.0124 e. The molecule has 0 bridgehead atoms. The van der Waals surface area contributed by atoms with Crippen LogP contribution in [0.2, 0.25) is 0 Å². The molecule has 2 aromatic rings. The summed E-state index contributed by atoms with van der Waals surface area (Å²) in [6.07, 6.45) is 11.9. The largest absolute Gasteiger partial charge is 0.148 e. The number of aryl methyl sites for hydroxylation is 3. The topological polar surface area (TPSA) is 0 Å². The average Bonchev–Trinajstić information content (AvgIpc) is 2.91. The molecule has 2 aliphatic carbocycles. The van der Waals surface area contributed by atoms with E-state index in [0.717, 1.165) is 6.42 Å². The Labute approximate surface area is 132 Å². The minimum absolute atomic E-state index is 1.16. The summed E-state index contributed by atoms with van der Waals surface area (Å²) in [4.78, 5) is 1.64. The third-order valence-corrected chi connectivity index (χ3v) is 6.38. The van der Waals surface area contributed by atoms with Crippen LogP contribution in [0.5, 0.6) is 0 Å². The van der Waals surface area contributed by atoms with Crippen molar-refractivity contribution in [1.29, 1.82) is 0 Å². The maximum atomic E-state index is 2.51. The number of hydrogen-bond acceptors (Lipinski definition) is 1. The third kappa shape index (κ3) is 2.57. The van der Waals surface area contributed by atoms with E-state index < -0.39 is 0 Å². The molecular weight excluding hydrogens is 272 g/mol. The molecule has 0 aliphatic heterocycles. The highest BCUT2D eigenvalue weighted by Gasteiger charge is 2.17. The first-order chi connectivity index (χ1) is 10.3. The molecule has 0 unspecified atom stereocenters.